The Bertz CT molecular complexity index is 482. The van der Waals surface area contributed by atoms with E-state index in [9.17, 15) is 9.59 Å². The van der Waals surface area contributed by atoms with Crippen molar-refractivity contribution in [1.82, 2.24) is 4.90 Å². The molecule has 5 heteroatoms. The summed E-state index contributed by atoms with van der Waals surface area (Å²) in [7, 11) is 0. The lowest BCUT2D eigenvalue weighted by molar-refractivity contribution is -0.119. The van der Waals surface area contributed by atoms with Crippen molar-refractivity contribution in [3.8, 4) is 0 Å². The van der Waals surface area contributed by atoms with Crippen LogP contribution in [0.15, 0.2) is 24.3 Å². The fourth-order valence-electron chi connectivity index (χ4n) is 2.43. The van der Waals surface area contributed by atoms with Crippen LogP contribution in [0.1, 0.15) is 29.6 Å². The Kier molecular flexibility index (Phi) is 4.43. The second-order valence-electron chi connectivity index (χ2n) is 4.92. The van der Waals surface area contributed by atoms with Gasteiger partial charge in [-0.3, -0.25) is 9.59 Å². The van der Waals surface area contributed by atoms with Crippen LogP contribution in [0, 0.1) is 5.92 Å². The predicted octanol–water partition coefficient (Wildman–Crippen LogP) is 2.07. The minimum Gasteiger partial charge on any atom is -0.370 e. The van der Waals surface area contributed by atoms with E-state index in [-0.39, 0.29) is 11.8 Å². The van der Waals surface area contributed by atoms with Crippen LogP contribution in [0.25, 0.3) is 0 Å². The van der Waals surface area contributed by atoms with Gasteiger partial charge < -0.3 is 10.6 Å². The van der Waals surface area contributed by atoms with E-state index in [0.29, 0.717) is 36.0 Å². The molecule has 0 aliphatic carbocycles. The zero-order valence-corrected chi connectivity index (χ0v) is 11.4. The molecule has 0 spiro atoms. The number of piperidine rings is 1. The topological polar surface area (TPSA) is 63.4 Å². The number of primary amides is 1. The molecule has 1 aliphatic heterocycles. The molecule has 1 aromatic carbocycles. The van der Waals surface area contributed by atoms with Crippen LogP contribution in [0.5, 0.6) is 0 Å². The summed E-state index contributed by atoms with van der Waals surface area (Å²) in [4.78, 5) is 24.9. The lowest BCUT2D eigenvalue weighted by Crippen LogP contribution is -2.39. The number of benzene rings is 1. The van der Waals surface area contributed by atoms with Crippen LogP contribution < -0.4 is 5.73 Å². The molecule has 1 fully saturated rings. The largest absolute Gasteiger partial charge is 0.370 e. The molecule has 2 rings (SSSR count). The molecule has 0 saturated carbocycles. The Morgan fingerprint density at radius 1 is 1.32 bits per heavy atom. The molecular weight excluding hydrogens is 264 g/mol. The van der Waals surface area contributed by atoms with E-state index in [0.717, 1.165) is 12.8 Å². The van der Waals surface area contributed by atoms with Crippen molar-refractivity contribution in [3.05, 3.63) is 34.9 Å². The van der Waals surface area contributed by atoms with Gasteiger partial charge in [-0.15, -0.1) is 0 Å². The van der Waals surface area contributed by atoms with Crippen molar-refractivity contribution in [2.75, 3.05) is 13.1 Å². The second-order valence-corrected chi connectivity index (χ2v) is 5.35. The number of rotatable bonds is 3. The van der Waals surface area contributed by atoms with E-state index in [1.807, 2.05) is 4.90 Å². The van der Waals surface area contributed by atoms with E-state index >= 15 is 0 Å². The van der Waals surface area contributed by atoms with E-state index in [1.54, 1.807) is 24.3 Å². The van der Waals surface area contributed by atoms with E-state index < -0.39 is 0 Å². The number of hydrogen-bond acceptors (Lipinski definition) is 2. The Morgan fingerprint density at radius 2 is 2.00 bits per heavy atom. The molecule has 0 aromatic heterocycles. The number of halogens is 1. The maximum atomic E-state index is 12.3. The summed E-state index contributed by atoms with van der Waals surface area (Å²) < 4.78 is 0. The number of carbonyl (C=O) groups is 2. The number of likely N-dealkylation sites (tertiary alicyclic amines) is 1. The molecule has 1 aromatic rings. The Hall–Kier alpha value is -1.55. The first-order chi connectivity index (χ1) is 9.06. The highest BCUT2D eigenvalue weighted by atomic mass is 35.5. The van der Waals surface area contributed by atoms with Crippen LogP contribution >= 0.6 is 11.6 Å². The van der Waals surface area contributed by atoms with Gasteiger partial charge in [-0.2, -0.15) is 0 Å². The van der Waals surface area contributed by atoms with E-state index in [4.69, 9.17) is 17.3 Å². The van der Waals surface area contributed by atoms with Gasteiger partial charge in [0.2, 0.25) is 5.91 Å². The molecule has 2 amide bonds. The zero-order valence-electron chi connectivity index (χ0n) is 10.6. The third kappa shape index (κ3) is 3.70. The molecule has 2 N–H and O–H groups in total. The second kappa shape index (κ2) is 6.06. The average Bonchev–Trinajstić information content (AvgIpc) is 2.38. The van der Waals surface area contributed by atoms with Crippen molar-refractivity contribution >= 4 is 23.4 Å². The SMILES string of the molecule is NC(=O)CC1CCN(C(=O)c2cccc(Cl)c2)CC1. The predicted molar refractivity (Wildman–Crippen MR) is 73.9 cm³/mol. The highest BCUT2D eigenvalue weighted by molar-refractivity contribution is 6.30. The first kappa shape index (κ1) is 13.9. The first-order valence-electron chi connectivity index (χ1n) is 6.39. The van der Waals surface area contributed by atoms with Crippen LogP contribution in [-0.2, 0) is 4.79 Å². The highest BCUT2D eigenvalue weighted by Crippen LogP contribution is 2.22. The van der Waals surface area contributed by atoms with Crippen LogP contribution in [0.2, 0.25) is 5.02 Å². The van der Waals surface area contributed by atoms with E-state index in [2.05, 4.69) is 0 Å². The van der Waals surface area contributed by atoms with Crippen molar-refractivity contribution in [2.45, 2.75) is 19.3 Å². The summed E-state index contributed by atoms with van der Waals surface area (Å²) in [6.07, 6.45) is 2.07. The summed E-state index contributed by atoms with van der Waals surface area (Å²) >= 11 is 5.89. The number of hydrogen-bond donors (Lipinski definition) is 1. The third-order valence-corrected chi connectivity index (χ3v) is 3.70. The molecule has 1 saturated heterocycles. The average molecular weight is 281 g/mol. The summed E-state index contributed by atoms with van der Waals surface area (Å²) in [5.41, 5.74) is 5.80. The maximum Gasteiger partial charge on any atom is 0.253 e. The Balaban J connectivity index is 1.94. The molecule has 1 aliphatic rings. The van der Waals surface area contributed by atoms with Gasteiger partial charge in [-0.1, -0.05) is 17.7 Å². The van der Waals surface area contributed by atoms with Crippen molar-refractivity contribution in [3.63, 3.8) is 0 Å². The van der Waals surface area contributed by atoms with Gasteiger partial charge in [0.25, 0.3) is 5.91 Å². The molecule has 0 bridgehead atoms. The summed E-state index contributed by atoms with van der Waals surface area (Å²) in [6, 6.07) is 6.97. The van der Waals surface area contributed by atoms with Gasteiger partial charge in [0.1, 0.15) is 0 Å². The van der Waals surface area contributed by atoms with Crippen molar-refractivity contribution < 1.29 is 9.59 Å². The minimum atomic E-state index is -0.264. The zero-order chi connectivity index (χ0) is 13.8. The van der Waals surface area contributed by atoms with Crippen LogP contribution in [0.4, 0.5) is 0 Å². The molecular formula is C14H17ClN2O2. The lowest BCUT2D eigenvalue weighted by atomic mass is 9.93. The molecule has 0 radical (unpaired) electrons. The third-order valence-electron chi connectivity index (χ3n) is 3.46. The van der Waals surface area contributed by atoms with Crippen LogP contribution in [0.3, 0.4) is 0 Å². The van der Waals surface area contributed by atoms with Crippen molar-refractivity contribution in [2.24, 2.45) is 11.7 Å². The summed E-state index contributed by atoms with van der Waals surface area (Å²) in [5, 5.41) is 0.564. The molecule has 19 heavy (non-hydrogen) atoms. The van der Waals surface area contributed by atoms with Crippen LogP contribution in [-0.4, -0.2) is 29.8 Å². The minimum absolute atomic E-state index is 0.0000231. The highest BCUT2D eigenvalue weighted by Gasteiger charge is 2.24. The van der Waals surface area contributed by atoms with Gasteiger partial charge >= 0.3 is 0 Å². The normalized spacial score (nSPS) is 16.4. The molecule has 1 heterocycles. The monoisotopic (exact) mass is 280 g/mol. The van der Waals surface area contributed by atoms with Crippen molar-refractivity contribution in [1.29, 1.82) is 0 Å². The Labute approximate surface area is 117 Å². The standard InChI is InChI=1S/C14H17ClN2O2/c15-12-3-1-2-11(9-12)14(19)17-6-4-10(5-7-17)8-13(16)18/h1-3,9-10H,4-8H2,(H2,16,18). The molecule has 0 unspecified atom stereocenters. The van der Waals surface area contributed by atoms with Gasteiger partial charge in [-0.25, -0.2) is 0 Å². The number of amides is 2. The van der Waals surface area contributed by atoms with Gasteiger partial charge in [-0.05, 0) is 37.0 Å². The summed E-state index contributed by atoms with van der Waals surface area (Å²) in [6.45, 7) is 1.34. The smallest absolute Gasteiger partial charge is 0.253 e. The fourth-order valence-corrected chi connectivity index (χ4v) is 2.62. The summed E-state index contributed by atoms with van der Waals surface area (Å²) in [5.74, 6) is 0.0422. The first-order valence-corrected chi connectivity index (χ1v) is 6.77. The number of nitrogens with two attached hydrogens (primary N) is 1. The number of carbonyl (C=O) groups excluding carboxylic acids is 2. The Morgan fingerprint density at radius 3 is 2.58 bits per heavy atom. The lowest BCUT2D eigenvalue weighted by Gasteiger charge is -2.31. The molecule has 4 nitrogen and oxygen atoms in total. The van der Waals surface area contributed by atoms with E-state index in [1.165, 1.54) is 0 Å². The van der Waals surface area contributed by atoms with Gasteiger partial charge in [0.05, 0.1) is 0 Å². The quantitative estimate of drug-likeness (QED) is 0.921. The van der Waals surface area contributed by atoms with Gasteiger partial charge in [0.15, 0.2) is 0 Å². The maximum absolute atomic E-state index is 12.3. The fraction of sp³-hybridized carbons (Fsp3) is 0.429. The molecule has 0 atom stereocenters. The molecule has 102 valence electrons. The van der Waals surface area contributed by atoms with Gasteiger partial charge in [0, 0.05) is 30.1 Å². The number of nitrogens with zero attached hydrogens (tertiary/aromatic N) is 1.